The van der Waals surface area contributed by atoms with Crippen LogP contribution in [0.25, 0.3) is 0 Å². The Bertz CT molecular complexity index is 1820. The molecular weight excluding hydrogens is 702 g/mol. The molecule has 2 unspecified atom stereocenters. The molecule has 5 atom stereocenters. The van der Waals surface area contributed by atoms with Crippen LogP contribution in [0.2, 0.25) is 5.02 Å². The van der Waals surface area contributed by atoms with Crippen molar-refractivity contribution in [1.82, 2.24) is 9.88 Å². The number of carboxylic acid groups (broad SMARTS) is 1. The highest BCUT2D eigenvalue weighted by molar-refractivity contribution is 6.30. The van der Waals surface area contributed by atoms with Gasteiger partial charge in [-0.05, 0) is 142 Å². The Balaban J connectivity index is 1.03. The summed E-state index contributed by atoms with van der Waals surface area (Å²) < 4.78 is 25.4. The van der Waals surface area contributed by atoms with E-state index in [2.05, 4.69) is 48.2 Å². The van der Waals surface area contributed by atoms with Crippen molar-refractivity contribution in [3.05, 3.63) is 76.1 Å². The van der Waals surface area contributed by atoms with Gasteiger partial charge in [-0.3, -0.25) is 4.98 Å². The monoisotopic (exact) mass is 757 g/mol. The number of carboxylic acids is 1. The molecule has 2 fully saturated rings. The first kappa shape index (κ1) is 37.4. The second kappa shape index (κ2) is 15.5. The Morgan fingerprint density at radius 1 is 1.09 bits per heavy atom. The topological polar surface area (TPSA) is 102 Å². The molecule has 8 rings (SSSR count). The minimum atomic E-state index is -1.08. The molecule has 3 aromatic rings. The zero-order chi connectivity index (χ0) is 37.5. The van der Waals surface area contributed by atoms with Crippen molar-refractivity contribution in [2.75, 3.05) is 51.9 Å². The van der Waals surface area contributed by atoms with Crippen LogP contribution in [0.3, 0.4) is 0 Å². The lowest BCUT2D eigenvalue weighted by Gasteiger charge is -2.47. The van der Waals surface area contributed by atoms with Crippen LogP contribution < -0.4 is 19.5 Å². The summed E-state index contributed by atoms with van der Waals surface area (Å²) in [6.45, 7) is 8.94. The van der Waals surface area contributed by atoms with E-state index in [1.165, 1.54) is 35.2 Å². The van der Waals surface area contributed by atoms with Crippen molar-refractivity contribution in [3.63, 3.8) is 0 Å². The predicted octanol–water partition coefficient (Wildman–Crippen LogP) is 8.31. The molecule has 2 aromatic carbocycles. The second-order valence-corrected chi connectivity index (χ2v) is 17.5. The van der Waals surface area contributed by atoms with Crippen molar-refractivity contribution >= 4 is 23.3 Å². The van der Waals surface area contributed by atoms with Gasteiger partial charge in [0.15, 0.2) is 11.5 Å². The number of halogens is 1. The van der Waals surface area contributed by atoms with Crippen molar-refractivity contribution in [2.24, 2.45) is 17.8 Å². The van der Waals surface area contributed by atoms with Crippen LogP contribution in [0.1, 0.15) is 93.5 Å². The van der Waals surface area contributed by atoms with Gasteiger partial charge in [0.2, 0.25) is 0 Å². The number of pyridine rings is 1. The van der Waals surface area contributed by atoms with Gasteiger partial charge in [0.05, 0.1) is 26.4 Å². The molecule has 3 aliphatic carbocycles. The number of nitrogens with one attached hydrogen (secondary N) is 1. The smallest absolute Gasteiger partial charge is 0.329 e. The first-order chi connectivity index (χ1) is 26.1. The molecule has 1 aromatic heterocycles. The number of nitrogens with zero attached hydrogens (tertiary/aromatic N) is 2. The molecular formula is C44H56ClN3O6. The molecule has 1 saturated heterocycles. The molecule has 0 amide bonds. The number of likely N-dealkylation sites (N-methyl/N-ethyl adjacent to an activating group) is 1. The van der Waals surface area contributed by atoms with Crippen LogP contribution in [0, 0.1) is 17.8 Å². The van der Waals surface area contributed by atoms with Crippen LogP contribution in [0.4, 0.5) is 5.69 Å². The molecule has 54 heavy (non-hydrogen) atoms. The number of benzene rings is 2. The van der Waals surface area contributed by atoms with Crippen LogP contribution in [-0.4, -0.2) is 79.2 Å². The summed E-state index contributed by atoms with van der Waals surface area (Å²) in [5, 5.41) is 14.7. The molecule has 9 nitrogen and oxygen atoms in total. The molecule has 1 spiro atoms. The van der Waals surface area contributed by atoms with E-state index in [1.54, 1.807) is 0 Å². The minimum Gasteiger partial charge on any atom is -0.493 e. The number of anilines is 1. The van der Waals surface area contributed by atoms with Gasteiger partial charge in [0.25, 0.3) is 0 Å². The van der Waals surface area contributed by atoms with Gasteiger partial charge in [-0.1, -0.05) is 31.5 Å². The number of aryl methyl sites for hydroxylation is 1. The normalized spacial score (nSPS) is 29.4. The minimum absolute atomic E-state index is 0.185. The summed E-state index contributed by atoms with van der Waals surface area (Å²) in [5.74, 6) is 3.13. The number of rotatable bonds is 11. The lowest BCUT2D eigenvalue weighted by molar-refractivity contribution is -0.144. The maximum Gasteiger partial charge on any atom is 0.329 e. The lowest BCUT2D eigenvalue weighted by Crippen LogP contribution is -2.53. The molecule has 0 bridgehead atoms. The zero-order valence-electron chi connectivity index (χ0n) is 32.1. The number of aliphatic carboxylic acids is 1. The highest BCUT2D eigenvalue weighted by Crippen LogP contribution is 2.58. The molecule has 5 aliphatic rings. The Hall–Kier alpha value is -3.53. The molecule has 0 radical (unpaired) electrons. The second-order valence-electron chi connectivity index (χ2n) is 17.1. The van der Waals surface area contributed by atoms with Gasteiger partial charge in [0.1, 0.15) is 11.3 Å². The highest BCUT2D eigenvalue weighted by Gasteiger charge is 2.54. The summed E-state index contributed by atoms with van der Waals surface area (Å²) in [5.41, 5.74) is 4.55. The zero-order valence-corrected chi connectivity index (χ0v) is 32.8. The van der Waals surface area contributed by atoms with Crippen LogP contribution in [0.15, 0.2) is 48.7 Å². The standard InChI is InChI=1S/C44H56ClN3O6/c1-28(24-52-38-10-16-46-37-9-4-6-29(2)41(37)38)18-32-19-31-20-39-40(54-26-30(25-53-39)23-48(3)35-11-17-51-27-35)22-36(31)43(32)12-14-44(15-13-43,42(49)50)47-34-8-5-7-33(45)21-34/h5,7-8,10,16,20-22,28-30,32,35,47H,4,6,9,11-15,17-19,23-27H2,1-3H3,(H,49,50)/t28-,29-,30?,32+,35?,43?,44?/m1/s1. The van der Waals surface area contributed by atoms with Crippen molar-refractivity contribution in [3.8, 4) is 17.2 Å². The van der Waals surface area contributed by atoms with Crippen molar-refractivity contribution < 1.29 is 28.8 Å². The molecule has 2 aliphatic heterocycles. The molecule has 2 N–H and O–H groups in total. The average Bonchev–Trinajstić information content (AvgIpc) is 3.74. The Labute approximate surface area is 325 Å². The van der Waals surface area contributed by atoms with Gasteiger partial charge in [-0.25, -0.2) is 4.79 Å². The molecule has 3 heterocycles. The van der Waals surface area contributed by atoms with Gasteiger partial charge >= 0.3 is 5.97 Å². The van der Waals surface area contributed by atoms with Crippen molar-refractivity contribution in [1.29, 1.82) is 0 Å². The fraction of sp³-hybridized carbons (Fsp3) is 0.591. The fourth-order valence-corrected chi connectivity index (χ4v) is 10.5. The number of ether oxygens (including phenoxy) is 4. The van der Waals surface area contributed by atoms with E-state index < -0.39 is 11.5 Å². The van der Waals surface area contributed by atoms with E-state index in [0.717, 1.165) is 81.2 Å². The van der Waals surface area contributed by atoms with E-state index >= 15 is 0 Å². The SMILES string of the molecule is C[C@@H](COc1ccnc2c1[C@H](C)CCC2)C[C@H]1Cc2cc3c(cc2C12CCC(Nc1cccc(Cl)c1)(C(=O)O)CC2)OCC(CN(C)C1CCOC1)CO3. The summed E-state index contributed by atoms with van der Waals surface area (Å²) in [6.07, 6.45) is 10.7. The quantitative estimate of drug-likeness (QED) is 0.200. The maximum absolute atomic E-state index is 13.1. The van der Waals surface area contributed by atoms with Crippen LogP contribution >= 0.6 is 11.6 Å². The number of fused-ring (bicyclic) bond motifs is 4. The summed E-state index contributed by atoms with van der Waals surface area (Å²) >= 11 is 6.32. The maximum atomic E-state index is 13.1. The van der Waals surface area contributed by atoms with Gasteiger partial charge in [-0.15, -0.1) is 0 Å². The van der Waals surface area contributed by atoms with E-state index in [-0.39, 0.29) is 11.3 Å². The summed E-state index contributed by atoms with van der Waals surface area (Å²) in [6, 6.07) is 14.4. The third kappa shape index (κ3) is 7.40. The summed E-state index contributed by atoms with van der Waals surface area (Å²) in [7, 11) is 2.18. The van der Waals surface area contributed by atoms with E-state index in [9.17, 15) is 9.90 Å². The predicted molar refractivity (Wildman–Crippen MR) is 210 cm³/mol. The number of hydrogen-bond donors (Lipinski definition) is 2. The average molecular weight is 758 g/mol. The van der Waals surface area contributed by atoms with Gasteiger partial charge in [-0.2, -0.15) is 0 Å². The highest BCUT2D eigenvalue weighted by atomic mass is 35.5. The lowest BCUT2D eigenvalue weighted by atomic mass is 9.59. The largest absolute Gasteiger partial charge is 0.493 e. The van der Waals surface area contributed by atoms with Crippen LogP contribution in [-0.2, 0) is 27.8 Å². The van der Waals surface area contributed by atoms with E-state index in [0.29, 0.717) is 61.5 Å². The Morgan fingerprint density at radius 3 is 2.63 bits per heavy atom. The number of aromatic nitrogens is 1. The number of hydrogen-bond acceptors (Lipinski definition) is 8. The van der Waals surface area contributed by atoms with E-state index in [4.69, 9.17) is 30.5 Å². The van der Waals surface area contributed by atoms with Gasteiger partial charge in [0, 0.05) is 53.3 Å². The van der Waals surface area contributed by atoms with Crippen molar-refractivity contribution in [2.45, 2.75) is 101 Å². The Morgan fingerprint density at radius 2 is 1.89 bits per heavy atom. The first-order valence-corrected chi connectivity index (χ1v) is 20.6. The van der Waals surface area contributed by atoms with Gasteiger partial charge < -0.3 is 34.3 Å². The Kier molecular flexibility index (Phi) is 10.8. The fourth-order valence-electron chi connectivity index (χ4n) is 10.3. The molecule has 290 valence electrons. The van der Waals surface area contributed by atoms with Crippen LogP contribution in [0.5, 0.6) is 17.2 Å². The van der Waals surface area contributed by atoms with E-state index in [1.807, 2.05) is 36.5 Å². The third-order valence-corrected chi connectivity index (χ3v) is 13.6. The first-order valence-electron chi connectivity index (χ1n) is 20.2. The molecule has 1 saturated carbocycles. The number of carbonyl (C=O) groups is 1. The molecule has 10 heteroatoms. The summed E-state index contributed by atoms with van der Waals surface area (Å²) in [4.78, 5) is 20.2. The third-order valence-electron chi connectivity index (χ3n) is 13.4.